The summed E-state index contributed by atoms with van der Waals surface area (Å²) in [6, 6.07) is 13.4. The van der Waals surface area contributed by atoms with Crippen LogP contribution in [0.5, 0.6) is 0 Å². The number of ether oxygens (including phenoxy) is 1. The van der Waals surface area contributed by atoms with Crippen molar-refractivity contribution in [3.63, 3.8) is 0 Å². The molecular formula is C23H27Cl2N3O4. The van der Waals surface area contributed by atoms with Gasteiger partial charge in [0.1, 0.15) is 24.5 Å². The van der Waals surface area contributed by atoms with Crippen molar-refractivity contribution in [1.82, 2.24) is 10.6 Å². The van der Waals surface area contributed by atoms with E-state index in [1.165, 1.54) is 7.11 Å². The number of alkyl carbamates (subject to hydrolysis) is 1. The van der Waals surface area contributed by atoms with Gasteiger partial charge in [-0.1, -0.05) is 58.7 Å². The number of nitrogens with one attached hydrogen (secondary N) is 2. The van der Waals surface area contributed by atoms with Gasteiger partial charge in [0.2, 0.25) is 5.91 Å². The minimum Gasteiger partial charge on any atom is -0.444 e. The maximum Gasteiger partial charge on any atom is 0.408 e. The van der Waals surface area contributed by atoms with E-state index in [4.69, 9.17) is 32.8 Å². The molecule has 0 bridgehead atoms. The van der Waals surface area contributed by atoms with Gasteiger partial charge in [-0.05, 0) is 44.5 Å². The molecule has 0 aliphatic carbocycles. The number of rotatable bonds is 8. The largest absolute Gasteiger partial charge is 0.444 e. The van der Waals surface area contributed by atoms with Crippen molar-refractivity contribution >= 4 is 40.9 Å². The summed E-state index contributed by atoms with van der Waals surface area (Å²) in [7, 11) is 1.40. The standard InChI is InChI=1S/C23H27Cl2N3O4/c1-23(2,3)32-22(30)27-19(12-15-8-6-5-7-9-15)21(29)26-14-20(28-31-4)17-11-10-16(24)13-18(17)25/h5-11,13,19H,12,14H2,1-4H3,(H,26,29)(H,27,30). The Morgan fingerprint density at radius 2 is 1.78 bits per heavy atom. The zero-order chi connectivity index (χ0) is 23.7. The molecule has 32 heavy (non-hydrogen) atoms. The zero-order valence-corrected chi connectivity index (χ0v) is 20.0. The van der Waals surface area contributed by atoms with Crippen LogP contribution in [0, 0.1) is 0 Å². The van der Waals surface area contributed by atoms with Crippen LogP contribution in [0.4, 0.5) is 4.79 Å². The van der Waals surface area contributed by atoms with Gasteiger partial charge in [-0.2, -0.15) is 0 Å². The molecule has 0 saturated heterocycles. The lowest BCUT2D eigenvalue weighted by Crippen LogP contribution is -2.50. The zero-order valence-electron chi connectivity index (χ0n) is 18.4. The van der Waals surface area contributed by atoms with Crippen LogP contribution in [-0.4, -0.2) is 43.0 Å². The number of carbonyl (C=O) groups excluding carboxylic acids is 2. The summed E-state index contributed by atoms with van der Waals surface area (Å²) >= 11 is 12.2. The molecule has 0 aromatic heterocycles. The molecule has 172 valence electrons. The van der Waals surface area contributed by atoms with Gasteiger partial charge in [0, 0.05) is 17.0 Å². The number of halogens is 2. The van der Waals surface area contributed by atoms with Gasteiger partial charge in [-0.3, -0.25) is 4.79 Å². The Hall–Kier alpha value is -2.77. The molecule has 7 nitrogen and oxygen atoms in total. The van der Waals surface area contributed by atoms with Crippen molar-refractivity contribution in [2.75, 3.05) is 13.7 Å². The highest BCUT2D eigenvalue weighted by Crippen LogP contribution is 2.21. The van der Waals surface area contributed by atoms with Crippen LogP contribution in [0.3, 0.4) is 0 Å². The van der Waals surface area contributed by atoms with Gasteiger partial charge in [-0.15, -0.1) is 0 Å². The van der Waals surface area contributed by atoms with Gasteiger partial charge < -0.3 is 20.2 Å². The average Bonchev–Trinajstić information content (AvgIpc) is 2.70. The van der Waals surface area contributed by atoms with Crippen LogP contribution in [0.15, 0.2) is 53.7 Å². The summed E-state index contributed by atoms with van der Waals surface area (Å²) in [4.78, 5) is 30.2. The number of hydrogen-bond acceptors (Lipinski definition) is 5. The Morgan fingerprint density at radius 3 is 2.38 bits per heavy atom. The van der Waals surface area contributed by atoms with Crippen LogP contribution in [0.25, 0.3) is 0 Å². The number of hydrogen-bond donors (Lipinski definition) is 2. The highest BCUT2D eigenvalue weighted by molar-refractivity contribution is 6.37. The first-order valence-electron chi connectivity index (χ1n) is 9.95. The second-order valence-electron chi connectivity index (χ2n) is 7.95. The summed E-state index contributed by atoms with van der Waals surface area (Å²) in [5.74, 6) is -0.409. The molecule has 0 heterocycles. The minimum atomic E-state index is -0.864. The molecular weight excluding hydrogens is 453 g/mol. The summed E-state index contributed by atoms with van der Waals surface area (Å²) in [5.41, 5.74) is 1.16. The maximum absolute atomic E-state index is 13.0. The molecule has 0 aliphatic rings. The third-order valence-electron chi connectivity index (χ3n) is 4.16. The molecule has 0 spiro atoms. The fourth-order valence-corrected chi connectivity index (χ4v) is 3.33. The van der Waals surface area contributed by atoms with E-state index in [9.17, 15) is 9.59 Å². The quantitative estimate of drug-likeness (QED) is 0.427. The van der Waals surface area contributed by atoms with Crippen LogP contribution in [0.1, 0.15) is 31.9 Å². The molecule has 0 aliphatic heterocycles. The van der Waals surface area contributed by atoms with E-state index in [1.54, 1.807) is 39.0 Å². The van der Waals surface area contributed by atoms with Crippen LogP contribution in [0.2, 0.25) is 10.0 Å². The highest BCUT2D eigenvalue weighted by atomic mass is 35.5. The van der Waals surface area contributed by atoms with Gasteiger partial charge in [0.05, 0.1) is 11.6 Å². The predicted octanol–water partition coefficient (Wildman–Crippen LogP) is 4.60. The van der Waals surface area contributed by atoms with E-state index >= 15 is 0 Å². The van der Waals surface area contributed by atoms with Crippen molar-refractivity contribution in [2.24, 2.45) is 5.16 Å². The van der Waals surface area contributed by atoms with Gasteiger partial charge in [-0.25, -0.2) is 4.79 Å². The molecule has 2 rings (SSSR count). The molecule has 9 heteroatoms. The van der Waals surface area contributed by atoms with Crippen molar-refractivity contribution in [1.29, 1.82) is 0 Å². The maximum atomic E-state index is 13.0. The SMILES string of the molecule is CON=C(CNC(=O)C(Cc1ccccc1)NC(=O)OC(C)(C)C)c1ccc(Cl)cc1Cl. The molecule has 0 saturated carbocycles. The molecule has 0 fully saturated rings. The molecule has 0 radical (unpaired) electrons. The van der Waals surface area contributed by atoms with Crippen molar-refractivity contribution < 1.29 is 19.2 Å². The Labute approximate surface area is 198 Å². The van der Waals surface area contributed by atoms with Crippen LogP contribution >= 0.6 is 23.2 Å². The summed E-state index contributed by atoms with van der Waals surface area (Å²) in [5, 5.41) is 10.3. The molecule has 2 aromatic rings. The van der Waals surface area contributed by atoms with E-state index in [0.717, 1.165) is 5.56 Å². The lowest BCUT2D eigenvalue weighted by molar-refractivity contribution is -0.122. The van der Waals surface area contributed by atoms with E-state index in [0.29, 0.717) is 21.3 Å². The van der Waals surface area contributed by atoms with Crippen LogP contribution < -0.4 is 10.6 Å². The summed E-state index contributed by atoms with van der Waals surface area (Å²) < 4.78 is 5.31. The highest BCUT2D eigenvalue weighted by Gasteiger charge is 2.25. The second kappa shape index (κ2) is 11.7. The first-order chi connectivity index (χ1) is 15.1. The Kier molecular flexibility index (Phi) is 9.35. The predicted molar refractivity (Wildman–Crippen MR) is 126 cm³/mol. The third kappa shape index (κ3) is 8.40. The Morgan fingerprint density at radius 1 is 1.09 bits per heavy atom. The normalized spacial score (nSPS) is 12.6. The summed E-state index contributed by atoms with van der Waals surface area (Å²) in [6.07, 6.45) is -0.398. The fourth-order valence-electron chi connectivity index (χ4n) is 2.81. The first-order valence-corrected chi connectivity index (χ1v) is 10.7. The van der Waals surface area contributed by atoms with Gasteiger partial charge in [0.15, 0.2) is 0 Å². The van der Waals surface area contributed by atoms with E-state index in [-0.39, 0.29) is 13.0 Å². The molecule has 2 aromatic carbocycles. The first kappa shape index (κ1) is 25.5. The smallest absolute Gasteiger partial charge is 0.408 e. The monoisotopic (exact) mass is 479 g/mol. The second-order valence-corrected chi connectivity index (χ2v) is 8.79. The van der Waals surface area contributed by atoms with Crippen molar-refractivity contribution in [2.45, 2.75) is 38.8 Å². The van der Waals surface area contributed by atoms with E-state index in [2.05, 4.69) is 15.8 Å². The van der Waals surface area contributed by atoms with Gasteiger partial charge in [0.25, 0.3) is 0 Å². The molecule has 2 amide bonds. The average molecular weight is 480 g/mol. The van der Waals surface area contributed by atoms with E-state index < -0.39 is 23.6 Å². The van der Waals surface area contributed by atoms with Crippen LogP contribution in [-0.2, 0) is 20.8 Å². The Balaban J connectivity index is 2.16. The molecule has 1 unspecified atom stereocenters. The molecule has 1 atom stereocenters. The number of carbonyl (C=O) groups is 2. The topological polar surface area (TPSA) is 89.0 Å². The van der Waals surface area contributed by atoms with Gasteiger partial charge >= 0.3 is 6.09 Å². The number of nitrogens with zero attached hydrogens (tertiary/aromatic N) is 1. The van der Waals surface area contributed by atoms with Crippen molar-refractivity contribution in [3.8, 4) is 0 Å². The lowest BCUT2D eigenvalue weighted by atomic mass is 10.0. The number of benzene rings is 2. The fraction of sp³-hybridized carbons (Fsp3) is 0.348. The number of amides is 2. The number of oxime groups is 1. The van der Waals surface area contributed by atoms with E-state index in [1.807, 2.05) is 30.3 Å². The Bertz CT molecular complexity index is 959. The third-order valence-corrected chi connectivity index (χ3v) is 4.71. The minimum absolute atomic E-state index is 0.0231. The molecule has 2 N–H and O–H groups in total. The summed E-state index contributed by atoms with van der Waals surface area (Å²) in [6.45, 7) is 5.28. The lowest BCUT2D eigenvalue weighted by Gasteiger charge is -2.23. The van der Waals surface area contributed by atoms with Crippen molar-refractivity contribution in [3.05, 3.63) is 69.7 Å².